The second kappa shape index (κ2) is 6.13. The number of Topliss-reactive ketones (excluding diaryl/α,β-unsaturated/α-hetero) is 2. The number of H-pyrrole nitrogens is 1. The first kappa shape index (κ1) is 14.6. The van der Waals surface area contributed by atoms with Crippen LogP contribution in [-0.2, 0) is 16.0 Å². The molecule has 0 atom stereocenters. The van der Waals surface area contributed by atoms with Gasteiger partial charge in [-0.05, 0) is 35.7 Å². The van der Waals surface area contributed by atoms with E-state index in [4.69, 9.17) is 5.11 Å². The molecule has 0 spiro atoms. The van der Waals surface area contributed by atoms with Gasteiger partial charge in [-0.2, -0.15) is 0 Å². The predicted molar refractivity (Wildman–Crippen MR) is 71.6 cm³/mol. The molecule has 108 valence electrons. The van der Waals surface area contributed by atoms with E-state index in [1.807, 2.05) is 0 Å². The molecule has 0 fully saturated rings. The van der Waals surface area contributed by atoms with E-state index in [0.717, 1.165) is 5.56 Å². The third-order valence-electron chi connectivity index (χ3n) is 2.98. The quantitative estimate of drug-likeness (QED) is 0.483. The lowest BCUT2D eigenvalue weighted by Crippen LogP contribution is -2.18. The van der Waals surface area contributed by atoms with Crippen LogP contribution in [0.25, 0.3) is 0 Å². The number of carboxylic acids is 1. The maximum Gasteiger partial charge on any atom is 0.372 e. The number of hydrogen-bond donors (Lipinski definition) is 2. The van der Waals surface area contributed by atoms with Gasteiger partial charge in [-0.3, -0.25) is 9.59 Å². The largest absolute Gasteiger partial charge is 0.475 e. The Bertz CT molecular complexity index is 688. The van der Waals surface area contributed by atoms with E-state index in [1.165, 1.54) is 18.3 Å². The average Bonchev–Trinajstić information content (AvgIpc) is 2.89. The number of carbonyl (C=O) groups excluding carboxylic acids is 2. The monoisotopic (exact) mass is 289 g/mol. The number of ketones is 2. The highest BCUT2D eigenvalue weighted by Crippen LogP contribution is 2.15. The van der Waals surface area contributed by atoms with Gasteiger partial charge in [0, 0.05) is 6.20 Å². The Balaban J connectivity index is 2.14. The first-order chi connectivity index (χ1) is 9.97. The van der Waals surface area contributed by atoms with Gasteiger partial charge in [0.25, 0.3) is 0 Å². The van der Waals surface area contributed by atoms with Crippen molar-refractivity contribution in [1.82, 2.24) is 4.98 Å². The molecule has 5 nitrogen and oxygen atoms in total. The molecule has 1 heterocycles. The molecule has 0 amide bonds. The fourth-order valence-electron chi connectivity index (χ4n) is 1.94. The number of aromatic amines is 1. The van der Waals surface area contributed by atoms with Crippen LogP contribution in [0.5, 0.6) is 0 Å². The molecule has 1 aromatic heterocycles. The van der Waals surface area contributed by atoms with Crippen molar-refractivity contribution in [2.24, 2.45) is 0 Å². The zero-order valence-electron chi connectivity index (χ0n) is 10.9. The molecule has 21 heavy (non-hydrogen) atoms. The molecule has 0 unspecified atom stereocenters. The lowest BCUT2D eigenvalue weighted by Gasteiger charge is -2.03. The van der Waals surface area contributed by atoms with Crippen LogP contribution >= 0.6 is 0 Å². The van der Waals surface area contributed by atoms with Gasteiger partial charge in [0.2, 0.25) is 5.78 Å². The number of nitrogens with one attached hydrogen (secondary N) is 1. The smallest absolute Gasteiger partial charge is 0.372 e. The second-order valence-electron chi connectivity index (χ2n) is 4.51. The molecule has 2 N–H and O–H groups in total. The molecule has 2 rings (SSSR count). The highest BCUT2D eigenvalue weighted by molar-refractivity contribution is 6.37. The summed E-state index contributed by atoms with van der Waals surface area (Å²) >= 11 is 0. The number of carboxylic acid groups (broad SMARTS) is 1. The average molecular weight is 289 g/mol. The summed E-state index contributed by atoms with van der Waals surface area (Å²) in [5.74, 6) is -3.71. The maximum atomic E-state index is 12.8. The van der Waals surface area contributed by atoms with Crippen molar-refractivity contribution in [2.75, 3.05) is 0 Å². The Labute approximate surface area is 119 Å². The number of carbonyl (C=O) groups is 3. The highest BCUT2D eigenvalue weighted by atomic mass is 19.1. The Hall–Kier alpha value is -2.76. The standard InChI is InChI=1S/C15H12FNO4/c16-11-3-1-9(2-4-11)7-10-5-6-17-14(10)12(18)8-13(19)15(20)21/h1-6,17H,7-8H2,(H,20,21). The van der Waals surface area contributed by atoms with Crippen LogP contribution in [0, 0.1) is 5.82 Å². The molecule has 0 aliphatic heterocycles. The van der Waals surface area contributed by atoms with Gasteiger partial charge < -0.3 is 10.1 Å². The molecule has 0 aliphatic rings. The summed E-state index contributed by atoms with van der Waals surface area (Å²) in [5.41, 5.74) is 1.63. The van der Waals surface area contributed by atoms with Crippen molar-refractivity contribution in [3.63, 3.8) is 0 Å². The van der Waals surface area contributed by atoms with Crippen molar-refractivity contribution >= 4 is 17.5 Å². The van der Waals surface area contributed by atoms with E-state index in [2.05, 4.69) is 4.98 Å². The van der Waals surface area contributed by atoms with Crippen LogP contribution in [0.3, 0.4) is 0 Å². The number of rotatable bonds is 6. The fourth-order valence-corrected chi connectivity index (χ4v) is 1.94. The molecular weight excluding hydrogens is 277 g/mol. The topological polar surface area (TPSA) is 87.2 Å². The van der Waals surface area contributed by atoms with Gasteiger partial charge >= 0.3 is 5.97 Å². The SMILES string of the molecule is O=C(O)C(=O)CC(=O)c1[nH]ccc1Cc1ccc(F)cc1. The highest BCUT2D eigenvalue weighted by Gasteiger charge is 2.20. The first-order valence-corrected chi connectivity index (χ1v) is 6.17. The van der Waals surface area contributed by atoms with Gasteiger partial charge in [0.15, 0.2) is 5.78 Å². The Morgan fingerprint density at radius 1 is 1.10 bits per heavy atom. The van der Waals surface area contributed by atoms with E-state index in [1.54, 1.807) is 18.2 Å². The summed E-state index contributed by atoms with van der Waals surface area (Å²) < 4.78 is 12.8. The summed E-state index contributed by atoms with van der Waals surface area (Å²) in [4.78, 5) is 36.2. The van der Waals surface area contributed by atoms with Crippen LogP contribution < -0.4 is 0 Å². The minimum absolute atomic E-state index is 0.203. The van der Waals surface area contributed by atoms with Crippen LogP contribution in [-0.4, -0.2) is 27.6 Å². The normalized spacial score (nSPS) is 10.3. The van der Waals surface area contributed by atoms with Gasteiger partial charge in [-0.1, -0.05) is 12.1 Å². The number of benzene rings is 1. The van der Waals surface area contributed by atoms with E-state index >= 15 is 0 Å². The summed E-state index contributed by atoms with van der Waals surface area (Å²) in [7, 11) is 0. The van der Waals surface area contributed by atoms with Crippen LogP contribution in [0.2, 0.25) is 0 Å². The summed E-state index contributed by atoms with van der Waals surface area (Å²) in [6.07, 6.45) is 1.23. The molecule has 0 saturated carbocycles. The maximum absolute atomic E-state index is 12.8. The summed E-state index contributed by atoms with van der Waals surface area (Å²) in [6.45, 7) is 0. The van der Waals surface area contributed by atoms with E-state index in [0.29, 0.717) is 12.0 Å². The second-order valence-corrected chi connectivity index (χ2v) is 4.51. The van der Waals surface area contributed by atoms with Crippen molar-refractivity contribution in [3.8, 4) is 0 Å². The van der Waals surface area contributed by atoms with E-state index in [9.17, 15) is 18.8 Å². The third-order valence-corrected chi connectivity index (χ3v) is 2.98. The molecule has 0 radical (unpaired) electrons. The minimum Gasteiger partial charge on any atom is -0.475 e. The first-order valence-electron chi connectivity index (χ1n) is 6.17. The molecular formula is C15H12FNO4. The zero-order valence-corrected chi connectivity index (χ0v) is 10.9. The number of halogens is 1. The number of hydrogen-bond acceptors (Lipinski definition) is 3. The van der Waals surface area contributed by atoms with Crippen molar-refractivity contribution < 1.29 is 23.9 Å². The fraction of sp³-hybridized carbons (Fsp3) is 0.133. The van der Waals surface area contributed by atoms with E-state index < -0.39 is 24.0 Å². The molecule has 0 aliphatic carbocycles. The Kier molecular flexibility index (Phi) is 4.27. The van der Waals surface area contributed by atoms with Crippen molar-refractivity contribution in [2.45, 2.75) is 12.8 Å². The molecule has 0 saturated heterocycles. The third kappa shape index (κ3) is 3.62. The van der Waals surface area contributed by atoms with Gasteiger partial charge in [0.05, 0.1) is 12.1 Å². The Morgan fingerprint density at radius 2 is 1.76 bits per heavy atom. The minimum atomic E-state index is -1.63. The molecule has 6 heteroatoms. The van der Waals surface area contributed by atoms with Gasteiger partial charge in [-0.25, -0.2) is 9.18 Å². The van der Waals surface area contributed by atoms with Gasteiger partial charge in [-0.15, -0.1) is 0 Å². The lowest BCUT2D eigenvalue weighted by molar-refractivity contribution is -0.148. The van der Waals surface area contributed by atoms with Crippen LogP contribution in [0.1, 0.15) is 28.0 Å². The van der Waals surface area contributed by atoms with Crippen molar-refractivity contribution in [3.05, 3.63) is 59.2 Å². The zero-order chi connectivity index (χ0) is 15.4. The van der Waals surface area contributed by atoms with Crippen LogP contribution in [0.4, 0.5) is 4.39 Å². The van der Waals surface area contributed by atoms with Crippen molar-refractivity contribution in [1.29, 1.82) is 0 Å². The summed E-state index contributed by atoms with van der Waals surface area (Å²) in [5, 5.41) is 8.51. The number of aliphatic carboxylic acids is 1. The van der Waals surface area contributed by atoms with E-state index in [-0.39, 0.29) is 11.5 Å². The van der Waals surface area contributed by atoms with Gasteiger partial charge in [0.1, 0.15) is 5.82 Å². The number of aromatic nitrogens is 1. The Morgan fingerprint density at radius 3 is 2.38 bits per heavy atom. The molecule has 2 aromatic rings. The summed E-state index contributed by atoms with van der Waals surface area (Å²) in [6, 6.07) is 7.49. The van der Waals surface area contributed by atoms with Crippen LogP contribution in [0.15, 0.2) is 36.5 Å². The lowest BCUT2D eigenvalue weighted by atomic mass is 10.0. The predicted octanol–water partition coefficient (Wildman–Crippen LogP) is 1.97. The molecule has 0 bridgehead atoms. The molecule has 1 aromatic carbocycles.